The molecule has 5 heterocycles. The minimum atomic E-state index is 0.213. The zero-order valence-electron chi connectivity index (χ0n) is 19.5. The lowest BCUT2D eigenvalue weighted by molar-refractivity contribution is 0.311. The number of nitrogen functional groups attached to an aromatic ring is 1. The maximum Gasteiger partial charge on any atom is 0.225 e. The van der Waals surface area contributed by atoms with Crippen molar-refractivity contribution in [1.82, 2.24) is 30.0 Å². The first-order valence-electron chi connectivity index (χ1n) is 11.6. The number of hydrogen-bond acceptors (Lipinski definition) is 10. The van der Waals surface area contributed by atoms with Gasteiger partial charge in [0.2, 0.25) is 11.9 Å². The van der Waals surface area contributed by atoms with E-state index in [0.717, 1.165) is 86.5 Å². The van der Waals surface area contributed by atoms with E-state index in [-0.39, 0.29) is 5.92 Å². The molecule has 3 aromatic rings. The van der Waals surface area contributed by atoms with Crippen LogP contribution in [0.5, 0.6) is 0 Å². The van der Waals surface area contributed by atoms with Gasteiger partial charge in [0, 0.05) is 69.2 Å². The second-order valence-corrected chi connectivity index (χ2v) is 9.10. The van der Waals surface area contributed by atoms with Crippen molar-refractivity contribution in [3.8, 4) is 11.3 Å². The first kappa shape index (κ1) is 21.6. The average Bonchev–Trinajstić information content (AvgIpc) is 3.25. The van der Waals surface area contributed by atoms with E-state index < -0.39 is 0 Å². The Balaban J connectivity index is 1.49. The highest BCUT2D eigenvalue weighted by molar-refractivity contribution is 5.62. The largest absolute Gasteiger partial charge is 0.368 e. The molecule has 0 radical (unpaired) electrons. The van der Waals surface area contributed by atoms with E-state index in [9.17, 15) is 0 Å². The van der Waals surface area contributed by atoms with E-state index in [1.165, 1.54) is 0 Å². The lowest BCUT2D eigenvalue weighted by Crippen LogP contribution is -2.45. The molecular formula is C23H31N9O. The Bertz CT molecular complexity index is 1100. The van der Waals surface area contributed by atoms with Crippen LogP contribution in [-0.2, 0) is 0 Å². The standard InChI is InChI=1S/C23H31N9O/c1-15-12-20(27-22(24)26-15)32-6-4-5-17(14-32)21-18(19-11-16(2)29-33-19)13-25-23(28-21)31-9-7-30(3)8-10-31/h11-13,17H,4-10,14H2,1-3H3,(H2,24,26,27). The zero-order chi connectivity index (χ0) is 22.9. The van der Waals surface area contributed by atoms with Gasteiger partial charge < -0.3 is 25.0 Å². The molecule has 2 fully saturated rings. The molecule has 1 atom stereocenters. The van der Waals surface area contributed by atoms with Gasteiger partial charge in [0.25, 0.3) is 0 Å². The summed E-state index contributed by atoms with van der Waals surface area (Å²) < 4.78 is 5.62. The first-order valence-corrected chi connectivity index (χ1v) is 11.6. The van der Waals surface area contributed by atoms with Gasteiger partial charge in [-0.1, -0.05) is 5.16 Å². The molecule has 2 N–H and O–H groups in total. The SMILES string of the molecule is Cc1cc(-c2cnc(N3CCN(C)CC3)nc2C2CCCN(c3cc(C)nc(N)n3)C2)on1. The van der Waals surface area contributed by atoms with Crippen molar-refractivity contribution >= 4 is 17.7 Å². The summed E-state index contributed by atoms with van der Waals surface area (Å²) in [5.74, 6) is 2.90. The normalized spacial score (nSPS) is 19.8. The maximum absolute atomic E-state index is 5.93. The Morgan fingerprint density at radius 3 is 2.52 bits per heavy atom. The second kappa shape index (κ2) is 8.93. The monoisotopic (exact) mass is 449 g/mol. The number of piperazine rings is 1. The molecule has 10 heteroatoms. The number of likely N-dealkylation sites (N-methyl/N-ethyl adjacent to an activating group) is 1. The molecule has 2 saturated heterocycles. The lowest BCUT2D eigenvalue weighted by atomic mass is 9.91. The Labute approximate surface area is 193 Å². The van der Waals surface area contributed by atoms with Crippen LogP contribution in [0.15, 0.2) is 22.9 Å². The summed E-state index contributed by atoms with van der Waals surface area (Å²) in [7, 11) is 2.15. The van der Waals surface area contributed by atoms with E-state index >= 15 is 0 Å². The summed E-state index contributed by atoms with van der Waals surface area (Å²) in [6, 6.07) is 3.95. The molecule has 0 saturated carbocycles. The molecule has 33 heavy (non-hydrogen) atoms. The van der Waals surface area contributed by atoms with Gasteiger partial charge in [0.05, 0.1) is 17.0 Å². The van der Waals surface area contributed by atoms with E-state index in [1.54, 1.807) is 0 Å². The van der Waals surface area contributed by atoms with Crippen molar-refractivity contribution < 1.29 is 4.52 Å². The van der Waals surface area contributed by atoms with Crippen LogP contribution in [0.4, 0.5) is 17.7 Å². The molecule has 0 spiro atoms. The van der Waals surface area contributed by atoms with E-state index in [4.69, 9.17) is 20.2 Å². The number of rotatable bonds is 4. The van der Waals surface area contributed by atoms with Crippen LogP contribution < -0.4 is 15.5 Å². The summed E-state index contributed by atoms with van der Waals surface area (Å²) >= 11 is 0. The Morgan fingerprint density at radius 2 is 1.79 bits per heavy atom. The highest BCUT2D eigenvalue weighted by atomic mass is 16.5. The second-order valence-electron chi connectivity index (χ2n) is 9.10. The van der Waals surface area contributed by atoms with Crippen LogP contribution in [0.25, 0.3) is 11.3 Å². The number of piperidine rings is 1. The minimum absolute atomic E-state index is 0.213. The van der Waals surface area contributed by atoms with Gasteiger partial charge in [0.15, 0.2) is 5.76 Å². The Morgan fingerprint density at radius 1 is 0.970 bits per heavy atom. The predicted molar refractivity (Wildman–Crippen MR) is 127 cm³/mol. The van der Waals surface area contributed by atoms with Gasteiger partial charge in [-0.2, -0.15) is 4.98 Å². The van der Waals surface area contributed by atoms with Gasteiger partial charge in [0.1, 0.15) is 5.82 Å². The molecular weight excluding hydrogens is 418 g/mol. The number of nitrogens with zero attached hydrogens (tertiary/aromatic N) is 8. The van der Waals surface area contributed by atoms with Crippen molar-refractivity contribution in [3.63, 3.8) is 0 Å². The topological polar surface area (TPSA) is 113 Å². The summed E-state index contributed by atoms with van der Waals surface area (Å²) in [4.78, 5) is 25.4. The molecule has 1 unspecified atom stereocenters. The highest BCUT2D eigenvalue weighted by Crippen LogP contribution is 2.35. The maximum atomic E-state index is 5.93. The van der Waals surface area contributed by atoms with Crippen LogP contribution >= 0.6 is 0 Å². The number of anilines is 3. The van der Waals surface area contributed by atoms with Crippen molar-refractivity contribution in [2.24, 2.45) is 0 Å². The van der Waals surface area contributed by atoms with Crippen molar-refractivity contribution in [2.75, 3.05) is 61.8 Å². The predicted octanol–water partition coefficient (Wildman–Crippen LogP) is 2.26. The van der Waals surface area contributed by atoms with Crippen LogP contribution in [0.3, 0.4) is 0 Å². The van der Waals surface area contributed by atoms with E-state index in [2.05, 4.69) is 36.9 Å². The molecule has 0 amide bonds. The molecule has 5 rings (SSSR count). The van der Waals surface area contributed by atoms with Crippen molar-refractivity contribution in [3.05, 3.63) is 35.4 Å². The van der Waals surface area contributed by atoms with Crippen LogP contribution in [-0.4, -0.2) is 76.3 Å². The van der Waals surface area contributed by atoms with Gasteiger partial charge in [-0.15, -0.1) is 0 Å². The molecule has 2 aliphatic heterocycles. The summed E-state index contributed by atoms with van der Waals surface area (Å²) in [6.45, 7) is 9.46. The summed E-state index contributed by atoms with van der Waals surface area (Å²) in [5, 5.41) is 4.09. The third kappa shape index (κ3) is 4.61. The third-order valence-electron chi connectivity index (χ3n) is 6.48. The Kier molecular flexibility index (Phi) is 5.84. The molecule has 10 nitrogen and oxygen atoms in total. The minimum Gasteiger partial charge on any atom is -0.368 e. The van der Waals surface area contributed by atoms with Crippen molar-refractivity contribution in [2.45, 2.75) is 32.6 Å². The number of aromatic nitrogens is 5. The molecule has 174 valence electrons. The molecule has 3 aromatic heterocycles. The average molecular weight is 450 g/mol. The quantitative estimate of drug-likeness (QED) is 0.636. The van der Waals surface area contributed by atoms with E-state index in [1.807, 2.05) is 32.2 Å². The van der Waals surface area contributed by atoms with Gasteiger partial charge in [-0.3, -0.25) is 0 Å². The van der Waals surface area contributed by atoms with Gasteiger partial charge >= 0.3 is 0 Å². The molecule has 2 aliphatic rings. The third-order valence-corrected chi connectivity index (χ3v) is 6.48. The fourth-order valence-electron chi connectivity index (χ4n) is 4.68. The van der Waals surface area contributed by atoms with Crippen LogP contribution in [0.2, 0.25) is 0 Å². The number of aryl methyl sites for hydroxylation is 2. The van der Waals surface area contributed by atoms with Crippen LogP contribution in [0.1, 0.15) is 35.8 Å². The number of nitrogens with two attached hydrogens (primary N) is 1. The number of hydrogen-bond donors (Lipinski definition) is 1. The summed E-state index contributed by atoms with van der Waals surface area (Å²) in [5.41, 5.74) is 9.57. The van der Waals surface area contributed by atoms with Crippen molar-refractivity contribution in [1.29, 1.82) is 0 Å². The van der Waals surface area contributed by atoms with Gasteiger partial charge in [-0.25, -0.2) is 15.0 Å². The van der Waals surface area contributed by atoms with Gasteiger partial charge in [-0.05, 0) is 33.7 Å². The fourth-order valence-corrected chi connectivity index (χ4v) is 4.68. The first-order chi connectivity index (χ1) is 16.0. The lowest BCUT2D eigenvalue weighted by Gasteiger charge is -2.35. The fraction of sp³-hybridized carbons (Fsp3) is 0.522. The molecule has 0 aromatic carbocycles. The van der Waals surface area contributed by atoms with Crippen LogP contribution in [0, 0.1) is 13.8 Å². The smallest absolute Gasteiger partial charge is 0.225 e. The Hall–Kier alpha value is -3.27. The zero-order valence-corrected chi connectivity index (χ0v) is 19.5. The van der Waals surface area contributed by atoms with E-state index in [0.29, 0.717) is 11.7 Å². The summed E-state index contributed by atoms with van der Waals surface area (Å²) in [6.07, 6.45) is 3.98. The highest BCUT2D eigenvalue weighted by Gasteiger charge is 2.29. The molecule has 0 bridgehead atoms. The molecule has 0 aliphatic carbocycles.